The van der Waals surface area contributed by atoms with E-state index in [0.717, 1.165) is 55.0 Å². The van der Waals surface area contributed by atoms with Crippen LogP contribution in [-0.2, 0) is 6.42 Å². The maximum atomic E-state index is 12.3. The average molecular weight is 449 g/mol. The van der Waals surface area contributed by atoms with E-state index in [9.17, 15) is 4.79 Å². The second kappa shape index (κ2) is 9.33. The molecule has 1 N–H and O–H groups in total. The summed E-state index contributed by atoms with van der Waals surface area (Å²) in [6.07, 6.45) is 5.98. The summed E-state index contributed by atoms with van der Waals surface area (Å²) in [5.74, 6) is 1.80. The number of aromatic nitrogens is 1. The zero-order chi connectivity index (χ0) is 21.9. The van der Waals surface area contributed by atoms with Crippen molar-refractivity contribution in [3.8, 4) is 11.5 Å². The molecule has 1 atom stereocenters. The summed E-state index contributed by atoms with van der Waals surface area (Å²) in [5.41, 5.74) is 2.97. The third-order valence-corrected chi connectivity index (χ3v) is 7.09. The number of amides is 1. The van der Waals surface area contributed by atoms with Crippen LogP contribution in [0, 0.1) is 6.92 Å². The van der Waals surface area contributed by atoms with Crippen molar-refractivity contribution < 1.29 is 14.3 Å². The van der Waals surface area contributed by atoms with Gasteiger partial charge in [0.2, 0.25) is 0 Å². The van der Waals surface area contributed by atoms with Crippen molar-refractivity contribution in [2.24, 2.45) is 0 Å². The number of carbonyl (C=O) groups is 1. The Bertz CT molecular complexity index is 1070. The predicted molar refractivity (Wildman–Crippen MR) is 126 cm³/mol. The normalized spacial score (nSPS) is 22.5. The van der Waals surface area contributed by atoms with Gasteiger partial charge in [-0.2, -0.15) is 0 Å². The molecule has 166 valence electrons. The van der Waals surface area contributed by atoms with Gasteiger partial charge in [0, 0.05) is 11.4 Å². The fourth-order valence-corrected chi connectivity index (χ4v) is 5.18. The van der Waals surface area contributed by atoms with Gasteiger partial charge in [-0.15, -0.1) is 11.3 Å². The number of fused-ring (bicyclic) bond motifs is 1. The van der Waals surface area contributed by atoms with Gasteiger partial charge in [-0.3, -0.25) is 4.79 Å². The van der Waals surface area contributed by atoms with Crippen LogP contribution < -0.4 is 14.8 Å². The molecule has 1 saturated carbocycles. The van der Waals surface area contributed by atoms with Gasteiger partial charge in [0.1, 0.15) is 23.3 Å². The van der Waals surface area contributed by atoms with Crippen LogP contribution in [0.25, 0.3) is 0 Å². The lowest BCUT2D eigenvalue weighted by molar-refractivity contribution is 0.0889. The van der Waals surface area contributed by atoms with Crippen molar-refractivity contribution in [1.29, 1.82) is 0 Å². The van der Waals surface area contributed by atoms with Gasteiger partial charge >= 0.3 is 0 Å². The number of thiazole rings is 1. The summed E-state index contributed by atoms with van der Waals surface area (Å²) in [7, 11) is 0. The molecule has 2 aliphatic rings. The molecular weight excluding hydrogens is 420 g/mol. The van der Waals surface area contributed by atoms with E-state index in [1.54, 1.807) is 0 Å². The Kier molecular flexibility index (Phi) is 6.12. The molecule has 2 aromatic carbocycles. The van der Waals surface area contributed by atoms with Crippen LogP contribution in [0.5, 0.6) is 11.5 Å². The van der Waals surface area contributed by atoms with E-state index in [1.165, 1.54) is 22.5 Å². The molecule has 1 aliphatic heterocycles. The molecular formula is C26H28N2O3S. The molecule has 5 nitrogen and oxygen atoms in total. The lowest BCUT2D eigenvalue weighted by Gasteiger charge is -2.30. The average Bonchev–Trinajstić information content (AvgIpc) is 3.27. The van der Waals surface area contributed by atoms with Gasteiger partial charge in [0.25, 0.3) is 5.91 Å². The number of benzene rings is 2. The highest BCUT2D eigenvalue weighted by Crippen LogP contribution is 2.37. The molecule has 6 heteroatoms. The van der Waals surface area contributed by atoms with E-state index >= 15 is 0 Å². The number of rotatable bonds is 5. The van der Waals surface area contributed by atoms with Crippen LogP contribution in [0.1, 0.15) is 64.8 Å². The van der Waals surface area contributed by atoms with E-state index in [0.29, 0.717) is 5.69 Å². The summed E-state index contributed by atoms with van der Waals surface area (Å²) in [4.78, 5) is 16.6. The molecule has 1 unspecified atom stereocenters. The zero-order valence-electron chi connectivity index (χ0n) is 18.3. The number of hydrogen-bond acceptors (Lipinski definition) is 5. The molecule has 0 radical (unpaired) electrons. The van der Waals surface area contributed by atoms with Gasteiger partial charge in [-0.1, -0.05) is 30.3 Å². The van der Waals surface area contributed by atoms with Gasteiger partial charge in [-0.25, -0.2) is 4.98 Å². The summed E-state index contributed by atoms with van der Waals surface area (Å²) in [6, 6.07) is 16.8. The largest absolute Gasteiger partial charge is 0.490 e. The highest BCUT2D eigenvalue weighted by molar-refractivity contribution is 7.09. The summed E-state index contributed by atoms with van der Waals surface area (Å²) >= 11 is 1.50. The van der Waals surface area contributed by atoms with Gasteiger partial charge < -0.3 is 14.8 Å². The van der Waals surface area contributed by atoms with Crippen molar-refractivity contribution in [2.45, 2.75) is 63.7 Å². The van der Waals surface area contributed by atoms with Crippen LogP contribution in [0.3, 0.4) is 0 Å². The van der Waals surface area contributed by atoms with E-state index in [1.807, 2.05) is 30.5 Å². The molecule has 2 heterocycles. The standard InChI is InChI=1S/C26H28N2O3S/c1-17-27-23(16-32-17)26(29)28-20-8-10-21(11-9-20)30-22-12-14-25-19(15-22)7-13-24(31-25)18-5-3-2-4-6-18/h2-6,12,14-16,20-21,24H,7-11,13H2,1H3,(H,28,29). The molecule has 3 aromatic rings. The van der Waals surface area contributed by atoms with Crippen molar-refractivity contribution in [2.75, 3.05) is 0 Å². The second-order valence-corrected chi connectivity index (χ2v) is 9.70. The van der Waals surface area contributed by atoms with Crippen molar-refractivity contribution in [3.05, 3.63) is 75.7 Å². The molecule has 5 rings (SSSR count). The Hall–Kier alpha value is -2.86. The Labute approximate surface area is 192 Å². The van der Waals surface area contributed by atoms with Crippen LogP contribution >= 0.6 is 11.3 Å². The van der Waals surface area contributed by atoms with E-state index < -0.39 is 0 Å². The van der Waals surface area contributed by atoms with Gasteiger partial charge in [0.05, 0.1) is 11.1 Å². The van der Waals surface area contributed by atoms with Crippen LogP contribution in [-0.4, -0.2) is 23.0 Å². The third-order valence-electron chi connectivity index (χ3n) is 6.31. The number of hydrogen-bond donors (Lipinski definition) is 1. The van der Waals surface area contributed by atoms with Crippen LogP contribution in [0.15, 0.2) is 53.9 Å². The highest BCUT2D eigenvalue weighted by Gasteiger charge is 2.26. The number of nitrogens with one attached hydrogen (secondary N) is 1. The van der Waals surface area contributed by atoms with Gasteiger partial charge in [0.15, 0.2) is 0 Å². The van der Waals surface area contributed by atoms with E-state index in [2.05, 4.69) is 40.6 Å². The smallest absolute Gasteiger partial charge is 0.270 e. The van der Waals surface area contributed by atoms with Crippen molar-refractivity contribution in [3.63, 3.8) is 0 Å². The molecule has 1 fully saturated rings. The Morgan fingerprint density at radius 3 is 2.66 bits per heavy atom. The predicted octanol–water partition coefficient (Wildman–Crippen LogP) is 5.64. The fraction of sp³-hybridized carbons (Fsp3) is 0.385. The van der Waals surface area contributed by atoms with Crippen molar-refractivity contribution >= 4 is 17.2 Å². The second-order valence-electron chi connectivity index (χ2n) is 8.64. The minimum absolute atomic E-state index is 0.0674. The number of carbonyl (C=O) groups excluding carboxylic acids is 1. The summed E-state index contributed by atoms with van der Waals surface area (Å²) in [5, 5.41) is 5.86. The quantitative estimate of drug-likeness (QED) is 0.549. The Morgan fingerprint density at radius 1 is 1.09 bits per heavy atom. The zero-order valence-corrected chi connectivity index (χ0v) is 19.1. The fourth-order valence-electron chi connectivity index (χ4n) is 4.59. The molecule has 1 aromatic heterocycles. The van der Waals surface area contributed by atoms with Crippen LogP contribution in [0.2, 0.25) is 0 Å². The first-order chi connectivity index (χ1) is 15.6. The summed E-state index contributed by atoms with van der Waals surface area (Å²) < 4.78 is 12.5. The molecule has 1 amide bonds. The van der Waals surface area contributed by atoms with E-state index in [-0.39, 0.29) is 24.2 Å². The maximum absolute atomic E-state index is 12.3. The lowest BCUT2D eigenvalue weighted by Crippen LogP contribution is -2.39. The number of aryl methyl sites for hydroxylation is 2. The third kappa shape index (κ3) is 4.80. The van der Waals surface area contributed by atoms with Crippen molar-refractivity contribution in [1.82, 2.24) is 10.3 Å². The first kappa shape index (κ1) is 21.0. The molecule has 0 saturated heterocycles. The SMILES string of the molecule is Cc1nc(C(=O)NC2CCC(Oc3ccc4c(c3)CCC(c3ccccc3)O4)CC2)cs1. The Morgan fingerprint density at radius 2 is 1.91 bits per heavy atom. The van der Waals surface area contributed by atoms with Crippen LogP contribution in [0.4, 0.5) is 0 Å². The maximum Gasteiger partial charge on any atom is 0.270 e. The minimum atomic E-state index is -0.0674. The first-order valence-electron chi connectivity index (χ1n) is 11.4. The topological polar surface area (TPSA) is 60.5 Å². The molecule has 0 bridgehead atoms. The monoisotopic (exact) mass is 448 g/mol. The lowest BCUT2D eigenvalue weighted by atomic mass is 9.92. The van der Waals surface area contributed by atoms with E-state index in [4.69, 9.17) is 9.47 Å². The molecule has 32 heavy (non-hydrogen) atoms. The molecule has 1 aliphatic carbocycles. The summed E-state index contributed by atoms with van der Waals surface area (Å²) in [6.45, 7) is 1.92. The number of ether oxygens (including phenoxy) is 2. The number of nitrogens with zero attached hydrogens (tertiary/aromatic N) is 1. The molecule has 0 spiro atoms. The highest BCUT2D eigenvalue weighted by atomic mass is 32.1. The first-order valence-corrected chi connectivity index (χ1v) is 12.3. The Balaban J connectivity index is 1.13. The van der Waals surface area contributed by atoms with Gasteiger partial charge in [-0.05, 0) is 74.8 Å². The minimum Gasteiger partial charge on any atom is -0.490 e.